The molecule has 3 nitrogen and oxygen atoms in total. The van der Waals surface area contributed by atoms with E-state index in [4.69, 9.17) is 0 Å². The molecule has 23 heavy (non-hydrogen) atoms. The molecule has 2 rings (SSSR count). The van der Waals surface area contributed by atoms with Gasteiger partial charge in [0.1, 0.15) is 10.1 Å². The largest absolute Gasteiger partial charge is 1.00 e. The van der Waals surface area contributed by atoms with Gasteiger partial charge in [0, 0.05) is 0 Å². The van der Waals surface area contributed by atoms with Crippen LogP contribution >= 0.6 is 0 Å². The van der Waals surface area contributed by atoms with Crippen LogP contribution in [0.25, 0.3) is 11.1 Å². The number of unbranched alkanes of at least 4 members (excludes halogenated alkanes) is 5. The minimum absolute atomic E-state index is 0. The average molecular weight is 342 g/mol. The fraction of sp³-hybridized carbons (Fsp3) is 0.444. The second-order valence-electron chi connectivity index (χ2n) is 5.74. The summed E-state index contributed by atoms with van der Waals surface area (Å²) in [5, 5.41) is 0. The van der Waals surface area contributed by atoms with E-state index in [1.165, 1.54) is 25.7 Å². The van der Waals surface area contributed by atoms with Gasteiger partial charge >= 0.3 is 29.6 Å². The van der Waals surface area contributed by atoms with Crippen molar-refractivity contribution in [3.05, 3.63) is 42.0 Å². The third-order valence-electron chi connectivity index (χ3n) is 4.02. The zero-order chi connectivity index (χ0) is 16.0. The number of aryl methyl sites for hydroxylation is 1. The van der Waals surface area contributed by atoms with Gasteiger partial charge < -0.3 is 4.55 Å². The summed E-state index contributed by atoms with van der Waals surface area (Å²) in [5.41, 5.74) is 2.39. The van der Waals surface area contributed by atoms with E-state index in [-0.39, 0.29) is 34.5 Å². The molecule has 0 saturated carbocycles. The van der Waals surface area contributed by atoms with Gasteiger partial charge in [-0.1, -0.05) is 69.4 Å². The van der Waals surface area contributed by atoms with Crippen LogP contribution in [0.4, 0.5) is 0 Å². The van der Waals surface area contributed by atoms with E-state index < -0.39 is 10.1 Å². The maximum absolute atomic E-state index is 11.5. The van der Waals surface area contributed by atoms with Crippen LogP contribution in [0.2, 0.25) is 0 Å². The van der Waals surface area contributed by atoms with Gasteiger partial charge in [-0.3, -0.25) is 0 Å². The van der Waals surface area contributed by atoms with Crippen molar-refractivity contribution in [2.45, 2.75) is 56.8 Å². The summed E-state index contributed by atoms with van der Waals surface area (Å²) in [6.07, 6.45) is 7.97. The molecule has 0 atom stereocenters. The Labute approximate surface area is 161 Å². The summed E-state index contributed by atoms with van der Waals surface area (Å²) in [6.45, 7) is 2.20. The summed E-state index contributed by atoms with van der Waals surface area (Å²) in [5.74, 6) is 0. The van der Waals surface area contributed by atoms with Gasteiger partial charge in [-0.05, 0) is 35.6 Å². The van der Waals surface area contributed by atoms with Crippen LogP contribution in [-0.4, -0.2) is 13.0 Å². The van der Waals surface area contributed by atoms with Gasteiger partial charge in [-0.15, -0.1) is 0 Å². The van der Waals surface area contributed by atoms with Crippen molar-refractivity contribution in [1.29, 1.82) is 0 Å². The standard InChI is InChI=1S/C18H24O3S.Na/c1-2-3-4-5-6-8-11-15-14-18(22(19,20)21)17-13-10-7-9-12-16(15)17;/h7,9-10,12-14H,2-6,8,11H2,1H3,(H,19,20,21);/q;+1/p-1. The monoisotopic (exact) mass is 342 g/mol. The molecule has 120 valence electrons. The molecule has 0 radical (unpaired) electrons. The fourth-order valence-electron chi connectivity index (χ4n) is 2.87. The van der Waals surface area contributed by atoms with Crippen LogP contribution in [0.1, 0.15) is 51.0 Å². The van der Waals surface area contributed by atoms with Gasteiger partial charge in [-0.25, -0.2) is 8.42 Å². The van der Waals surface area contributed by atoms with Crippen molar-refractivity contribution >= 4 is 10.1 Å². The SMILES string of the molecule is CCCCCCCCc1cc(S(=O)(=O)[O-])c2cccccc1-2.[Na+]. The Balaban J connectivity index is 0.00000264. The van der Waals surface area contributed by atoms with Crippen LogP contribution in [0.5, 0.6) is 0 Å². The average Bonchev–Trinajstić information content (AvgIpc) is 2.66. The summed E-state index contributed by atoms with van der Waals surface area (Å²) in [6, 6.07) is 10.7. The Morgan fingerprint density at radius 3 is 2.17 bits per heavy atom. The quantitative estimate of drug-likeness (QED) is 0.416. The van der Waals surface area contributed by atoms with Crippen molar-refractivity contribution in [3.8, 4) is 11.1 Å². The van der Waals surface area contributed by atoms with Gasteiger partial charge in [0.15, 0.2) is 0 Å². The van der Waals surface area contributed by atoms with Gasteiger partial charge in [-0.2, -0.15) is 0 Å². The predicted octanol–water partition coefficient (Wildman–Crippen LogP) is 1.60. The molecule has 0 N–H and O–H groups in total. The van der Waals surface area contributed by atoms with E-state index in [1.807, 2.05) is 18.2 Å². The third kappa shape index (κ3) is 5.87. The van der Waals surface area contributed by atoms with E-state index in [9.17, 15) is 13.0 Å². The van der Waals surface area contributed by atoms with Crippen molar-refractivity contribution in [2.24, 2.45) is 0 Å². The minimum atomic E-state index is -4.43. The molecular formula is C18H23NaO3S. The molecule has 0 aromatic carbocycles. The molecule has 0 heterocycles. The van der Waals surface area contributed by atoms with Crippen molar-refractivity contribution in [1.82, 2.24) is 0 Å². The van der Waals surface area contributed by atoms with Gasteiger partial charge in [0.25, 0.3) is 0 Å². The topological polar surface area (TPSA) is 57.2 Å². The first-order valence-electron chi connectivity index (χ1n) is 8.00. The smallest absolute Gasteiger partial charge is 0.744 e. The van der Waals surface area contributed by atoms with Crippen molar-refractivity contribution in [3.63, 3.8) is 0 Å². The molecule has 0 aromatic heterocycles. The van der Waals surface area contributed by atoms with Crippen LogP contribution in [0.15, 0.2) is 41.3 Å². The maximum Gasteiger partial charge on any atom is 1.00 e. The minimum Gasteiger partial charge on any atom is -0.744 e. The van der Waals surface area contributed by atoms with Crippen molar-refractivity contribution < 1.29 is 42.5 Å². The van der Waals surface area contributed by atoms with Gasteiger partial charge in [0.05, 0.1) is 4.90 Å². The van der Waals surface area contributed by atoms with E-state index in [0.29, 0.717) is 5.56 Å². The molecule has 0 unspecified atom stereocenters. The van der Waals surface area contributed by atoms with Gasteiger partial charge in [0.2, 0.25) is 0 Å². The van der Waals surface area contributed by atoms with E-state index in [0.717, 1.165) is 30.4 Å². The summed E-state index contributed by atoms with van der Waals surface area (Å²) in [4.78, 5) is -0.0836. The Kier molecular flexibility index (Phi) is 8.80. The molecule has 0 fully saturated rings. The Morgan fingerprint density at radius 2 is 1.52 bits per heavy atom. The molecule has 0 aliphatic heterocycles. The van der Waals surface area contributed by atoms with Crippen molar-refractivity contribution in [2.75, 3.05) is 0 Å². The molecule has 0 bridgehead atoms. The molecule has 0 spiro atoms. The fourth-order valence-corrected chi connectivity index (χ4v) is 3.60. The number of fused-ring (bicyclic) bond motifs is 1. The van der Waals surface area contributed by atoms with E-state index in [2.05, 4.69) is 6.92 Å². The first-order chi connectivity index (χ1) is 10.5. The predicted molar refractivity (Wildman–Crippen MR) is 88.1 cm³/mol. The molecule has 0 amide bonds. The Hall–Kier alpha value is -0.390. The third-order valence-corrected chi connectivity index (χ3v) is 4.90. The van der Waals surface area contributed by atoms with Crippen LogP contribution in [-0.2, 0) is 16.5 Å². The Morgan fingerprint density at radius 1 is 0.913 bits per heavy atom. The number of rotatable bonds is 8. The zero-order valence-corrected chi connectivity index (χ0v) is 16.9. The van der Waals surface area contributed by atoms with Crippen LogP contribution in [0, 0.1) is 0 Å². The van der Waals surface area contributed by atoms with E-state index >= 15 is 0 Å². The molecule has 0 aromatic rings. The molecule has 5 heteroatoms. The number of hydrogen-bond acceptors (Lipinski definition) is 3. The maximum atomic E-state index is 11.5. The molecule has 2 aliphatic rings. The molecule has 0 saturated heterocycles. The molecule has 2 aliphatic carbocycles. The van der Waals surface area contributed by atoms with E-state index in [1.54, 1.807) is 18.2 Å². The second-order valence-corrected chi connectivity index (χ2v) is 7.09. The summed E-state index contributed by atoms with van der Waals surface area (Å²) < 4.78 is 34.4. The Bertz CT molecular complexity index is 683. The summed E-state index contributed by atoms with van der Waals surface area (Å²) >= 11 is 0. The zero-order valence-electron chi connectivity index (χ0n) is 14.0. The first kappa shape index (κ1) is 20.7. The normalized spacial score (nSPS) is 11.4. The van der Waals surface area contributed by atoms with Crippen LogP contribution < -0.4 is 29.6 Å². The first-order valence-corrected chi connectivity index (χ1v) is 9.41. The van der Waals surface area contributed by atoms with Crippen LogP contribution in [0.3, 0.4) is 0 Å². The summed E-state index contributed by atoms with van der Waals surface area (Å²) in [7, 11) is -4.43. The molecular weight excluding hydrogens is 319 g/mol. The second kappa shape index (κ2) is 9.80. The number of hydrogen-bond donors (Lipinski definition) is 0.